The smallest absolute Gasteiger partial charge is 0.283 e. The maximum atomic E-state index is 12.7. The Morgan fingerprint density at radius 3 is 2.70 bits per heavy atom. The molecule has 0 atom stereocenters. The molecule has 1 aromatic heterocycles. The zero-order chi connectivity index (χ0) is 14.7. The molecule has 6 nitrogen and oxygen atoms in total. The number of pyridine rings is 1. The molecular formula is C12H7ClFN3O3. The lowest BCUT2D eigenvalue weighted by atomic mass is 10.1. The van der Waals surface area contributed by atoms with E-state index in [2.05, 4.69) is 10.3 Å². The maximum absolute atomic E-state index is 12.7. The number of halogens is 2. The van der Waals surface area contributed by atoms with Crippen LogP contribution in [0.3, 0.4) is 0 Å². The van der Waals surface area contributed by atoms with Crippen LogP contribution >= 0.6 is 11.6 Å². The number of hydrogen-bond acceptors (Lipinski definition) is 4. The SMILES string of the molecule is O=C(Nc1ccc(F)cn1)c1ccc(Cl)cc1[N+](=O)[O-]. The van der Waals surface area contributed by atoms with Gasteiger partial charge in [0.2, 0.25) is 0 Å². The third-order valence-electron chi connectivity index (χ3n) is 2.37. The first-order valence-corrected chi connectivity index (χ1v) is 5.72. The second-order valence-electron chi connectivity index (χ2n) is 3.73. The molecule has 0 radical (unpaired) electrons. The summed E-state index contributed by atoms with van der Waals surface area (Å²) in [5.74, 6) is -1.20. The first-order chi connectivity index (χ1) is 9.47. The average molecular weight is 296 g/mol. The van der Waals surface area contributed by atoms with Crippen LogP contribution in [-0.2, 0) is 0 Å². The third-order valence-corrected chi connectivity index (χ3v) is 2.61. The van der Waals surface area contributed by atoms with Gasteiger partial charge in [-0.3, -0.25) is 14.9 Å². The van der Waals surface area contributed by atoms with E-state index in [9.17, 15) is 19.3 Å². The Morgan fingerprint density at radius 1 is 1.35 bits per heavy atom. The Bertz CT molecular complexity index is 676. The number of hydrogen-bond donors (Lipinski definition) is 1. The highest BCUT2D eigenvalue weighted by Gasteiger charge is 2.20. The first-order valence-electron chi connectivity index (χ1n) is 5.34. The number of anilines is 1. The number of aromatic nitrogens is 1. The van der Waals surface area contributed by atoms with Crippen LogP contribution in [0.5, 0.6) is 0 Å². The molecule has 1 heterocycles. The Hall–Kier alpha value is -2.54. The molecule has 0 spiro atoms. The minimum atomic E-state index is -0.729. The highest BCUT2D eigenvalue weighted by Crippen LogP contribution is 2.23. The van der Waals surface area contributed by atoms with E-state index >= 15 is 0 Å². The van der Waals surface area contributed by atoms with Crippen molar-refractivity contribution in [3.8, 4) is 0 Å². The van der Waals surface area contributed by atoms with E-state index in [1.54, 1.807) is 0 Å². The zero-order valence-electron chi connectivity index (χ0n) is 9.84. The number of carbonyl (C=O) groups is 1. The summed E-state index contributed by atoms with van der Waals surface area (Å²) in [6.07, 6.45) is 0.923. The van der Waals surface area contributed by atoms with Crippen molar-refractivity contribution < 1.29 is 14.1 Å². The van der Waals surface area contributed by atoms with Crippen molar-refractivity contribution in [2.75, 3.05) is 5.32 Å². The number of rotatable bonds is 3. The molecule has 0 fully saturated rings. The number of carbonyl (C=O) groups excluding carboxylic acids is 1. The zero-order valence-corrected chi connectivity index (χ0v) is 10.6. The summed E-state index contributed by atoms with van der Waals surface area (Å²) in [6.45, 7) is 0. The molecule has 2 rings (SSSR count). The van der Waals surface area contributed by atoms with Crippen LogP contribution in [0.4, 0.5) is 15.9 Å². The van der Waals surface area contributed by atoms with E-state index in [1.165, 1.54) is 18.2 Å². The van der Waals surface area contributed by atoms with Crippen LogP contribution in [0.2, 0.25) is 5.02 Å². The fourth-order valence-electron chi connectivity index (χ4n) is 1.48. The minimum absolute atomic E-state index is 0.0839. The quantitative estimate of drug-likeness (QED) is 0.696. The van der Waals surface area contributed by atoms with Crippen LogP contribution in [0, 0.1) is 15.9 Å². The molecule has 102 valence electrons. The predicted octanol–water partition coefficient (Wildman–Crippen LogP) is 3.03. The monoisotopic (exact) mass is 295 g/mol. The maximum Gasteiger partial charge on any atom is 0.283 e. The summed E-state index contributed by atoms with van der Waals surface area (Å²) in [5.41, 5.74) is -0.581. The van der Waals surface area contributed by atoms with Gasteiger partial charge >= 0.3 is 0 Å². The molecule has 0 bridgehead atoms. The second kappa shape index (κ2) is 5.62. The molecule has 0 aliphatic carbocycles. The number of amides is 1. The van der Waals surface area contributed by atoms with Gasteiger partial charge in [0.05, 0.1) is 11.1 Å². The van der Waals surface area contributed by atoms with Crippen molar-refractivity contribution in [2.45, 2.75) is 0 Å². The normalized spacial score (nSPS) is 10.1. The minimum Gasteiger partial charge on any atom is -0.306 e. The van der Waals surface area contributed by atoms with Gasteiger partial charge in [0, 0.05) is 11.1 Å². The Labute approximate surface area is 117 Å². The molecule has 8 heteroatoms. The summed E-state index contributed by atoms with van der Waals surface area (Å²) in [6, 6.07) is 6.03. The largest absolute Gasteiger partial charge is 0.306 e. The molecule has 0 aliphatic heterocycles. The summed E-state index contributed by atoms with van der Waals surface area (Å²) in [4.78, 5) is 25.7. The van der Waals surface area contributed by atoms with Crippen LogP contribution in [0.25, 0.3) is 0 Å². The van der Waals surface area contributed by atoms with E-state index < -0.39 is 22.3 Å². The lowest BCUT2D eigenvalue weighted by Crippen LogP contribution is -2.14. The van der Waals surface area contributed by atoms with Crippen LogP contribution in [-0.4, -0.2) is 15.8 Å². The topological polar surface area (TPSA) is 85.1 Å². The Kier molecular flexibility index (Phi) is 3.90. The third kappa shape index (κ3) is 3.07. The number of nitro benzene ring substituents is 1. The molecule has 0 aliphatic rings. The van der Waals surface area contributed by atoms with Gasteiger partial charge in [-0.1, -0.05) is 11.6 Å². The summed E-state index contributed by atoms with van der Waals surface area (Å²) < 4.78 is 12.7. The second-order valence-corrected chi connectivity index (χ2v) is 4.17. The fraction of sp³-hybridized carbons (Fsp3) is 0. The molecule has 0 saturated heterocycles. The molecule has 0 saturated carbocycles. The first kappa shape index (κ1) is 13.9. The molecule has 2 aromatic rings. The Balaban J connectivity index is 2.29. The summed E-state index contributed by atoms with van der Waals surface area (Å²) >= 11 is 5.65. The van der Waals surface area contributed by atoms with Crippen molar-refractivity contribution in [1.29, 1.82) is 0 Å². The van der Waals surface area contributed by atoms with Gasteiger partial charge in [-0.15, -0.1) is 0 Å². The highest BCUT2D eigenvalue weighted by molar-refractivity contribution is 6.31. The molecule has 1 N–H and O–H groups in total. The van der Waals surface area contributed by atoms with Gasteiger partial charge in [-0.2, -0.15) is 0 Å². The van der Waals surface area contributed by atoms with Gasteiger partial charge in [-0.25, -0.2) is 9.37 Å². The summed E-state index contributed by atoms with van der Waals surface area (Å²) in [7, 11) is 0. The number of nitrogens with zero attached hydrogens (tertiary/aromatic N) is 2. The summed E-state index contributed by atoms with van der Waals surface area (Å²) in [5, 5.41) is 13.4. The van der Waals surface area contributed by atoms with Gasteiger partial charge < -0.3 is 5.32 Å². The molecule has 1 aromatic carbocycles. The van der Waals surface area contributed by atoms with Crippen molar-refractivity contribution in [2.24, 2.45) is 0 Å². The van der Waals surface area contributed by atoms with Crippen LogP contribution in [0.1, 0.15) is 10.4 Å². The van der Waals surface area contributed by atoms with E-state index in [0.29, 0.717) is 0 Å². The number of benzene rings is 1. The predicted molar refractivity (Wildman–Crippen MR) is 70.3 cm³/mol. The van der Waals surface area contributed by atoms with E-state index in [-0.39, 0.29) is 16.4 Å². The van der Waals surface area contributed by atoms with E-state index in [0.717, 1.165) is 18.3 Å². The lowest BCUT2D eigenvalue weighted by Gasteiger charge is -2.05. The van der Waals surface area contributed by atoms with Crippen molar-refractivity contribution in [1.82, 2.24) is 4.98 Å². The number of nitrogens with one attached hydrogen (secondary N) is 1. The number of nitro groups is 1. The van der Waals surface area contributed by atoms with Gasteiger partial charge in [-0.05, 0) is 24.3 Å². The van der Waals surface area contributed by atoms with Gasteiger partial charge in [0.1, 0.15) is 17.2 Å². The van der Waals surface area contributed by atoms with Crippen LogP contribution < -0.4 is 5.32 Å². The molecular weight excluding hydrogens is 289 g/mol. The molecule has 20 heavy (non-hydrogen) atoms. The Morgan fingerprint density at radius 2 is 2.10 bits per heavy atom. The molecule has 1 amide bonds. The fourth-order valence-corrected chi connectivity index (χ4v) is 1.65. The van der Waals surface area contributed by atoms with Gasteiger partial charge in [0.15, 0.2) is 0 Å². The highest BCUT2D eigenvalue weighted by atomic mass is 35.5. The standard InChI is InChI=1S/C12H7ClFN3O3/c13-7-1-3-9(10(5-7)17(19)20)12(18)16-11-4-2-8(14)6-15-11/h1-6H,(H,15,16,18). The van der Waals surface area contributed by atoms with Gasteiger partial charge in [0.25, 0.3) is 11.6 Å². The van der Waals surface area contributed by atoms with Crippen LogP contribution in [0.15, 0.2) is 36.5 Å². The van der Waals surface area contributed by atoms with E-state index in [1.807, 2.05) is 0 Å². The van der Waals surface area contributed by atoms with E-state index in [4.69, 9.17) is 11.6 Å². The van der Waals surface area contributed by atoms with Crippen molar-refractivity contribution >= 4 is 29.0 Å². The average Bonchev–Trinajstić information content (AvgIpc) is 2.41. The molecule has 0 unspecified atom stereocenters. The van der Waals surface area contributed by atoms with Crippen molar-refractivity contribution in [3.63, 3.8) is 0 Å². The van der Waals surface area contributed by atoms with Crippen molar-refractivity contribution in [3.05, 3.63) is 63.0 Å². The lowest BCUT2D eigenvalue weighted by molar-refractivity contribution is -0.385.